The lowest BCUT2D eigenvalue weighted by atomic mass is 9.77. The predicted octanol–water partition coefficient (Wildman–Crippen LogP) is 3.95. The van der Waals surface area contributed by atoms with Gasteiger partial charge in [0.1, 0.15) is 6.17 Å². The third kappa shape index (κ3) is 3.12. The summed E-state index contributed by atoms with van der Waals surface area (Å²) in [5.74, 6) is 0.346. The van der Waals surface area contributed by atoms with Crippen LogP contribution in [0.4, 0.5) is 4.39 Å². The van der Waals surface area contributed by atoms with Crippen molar-refractivity contribution < 1.29 is 4.39 Å². The molecule has 1 saturated carbocycles. The molecule has 0 aromatic heterocycles. The van der Waals surface area contributed by atoms with Crippen molar-refractivity contribution in [1.82, 2.24) is 0 Å². The van der Waals surface area contributed by atoms with E-state index in [4.69, 9.17) is 0 Å². The highest BCUT2D eigenvalue weighted by molar-refractivity contribution is 4.79. The van der Waals surface area contributed by atoms with E-state index in [1.807, 2.05) is 0 Å². The summed E-state index contributed by atoms with van der Waals surface area (Å²) in [4.78, 5) is 0. The fourth-order valence-corrected chi connectivity index (χ4v) is 2.18. The first-order valence-electron chi connectivity index (χ1n) is 5.13. The summed E-state index contributed by atoms with van der Waals surface area (Å²) in [5.41, 5.74) is 0.298. The van der Waals surface area contributed by atoms with E-state index < -0.39 is 6.17 Å². The molecule has 2 atom stereocenters. The third-order valence-corrected chi connectivity index (χ3v) is 2.69. The summed E-state index contributed by atoms with van der Waals surface area (Å²) >= 11 is 0. The van der Waals surface area contributed by atoms with Gasteiger partial charge in [-0.2, -0.15) is 0 Å². The zero-order valence-corrected chi connectivity index (χ0v) is 8.57. The molecule has 12 heavy (non-hydrogen) atoms. The van der Waals surface area contributed by atoms with Gasteiger partial charge in [0.05, 0.1) is 0 Å². The molecule has 1 rings (SSSR count). The lowest BCUT2D eigenvalue weighted by Crippen LogP contribution is -2.25. The number of rotatable bonds is 1. The maximum absolute atomic E-state index is 13.4. The van der Waals surface area contributed by atoms with E-state index in [2.05, 4.69) is 20.8 Å². The van der Waals surface area contributed by atoms with Gasteiger partial charge in [0, 0.05) is 0 Å². The predicted molar refractivity (Wildman–Crippen MR) is 50.9 cm³/mol. The van der Waals surface area contributed by atoms with Crippen LogP contribution in [0, 0.1) is 11.3 Å². The summed E-state index contributed by atoms with van der Waals surface area (Å²) in [6.45, 7) is 6.61. The Balaban J connectivity index is 2.39. The number of halogens is 1. The van der Waals surface area contributed by atoms with Crippen molar-refractivity contribution in [3.63, 3.8) is 0 Å². The minimum absolute atomic E-state index is 0.298. The molecule has 1 fully saturated rings. The number of hydrogen-bond acceptors (Lipinski definition) is 0. The van der Waals surface area contributed by atoms with Crippen LogP contribution in [0.5, 0.6) is 0 Å². The van der Waals surface area contributed by atoms with Gasteiger partial charge in [-0.1, -0.05) is 33.6 Å². The molecule has 0 nitrogen and oxygen atoms in total. The second kappa shape index (κ2) is 3.76. The van der Waals surface area contributed by atoms with Crippen molar-refractivity contribution in [1.29, 1.82) is 0 Å². The van der Waals surface area contributed by atoms with E-state index in [0.29, 0.717) is 11.3 Å². The first-order valence-corrected chi connectivity index (χ1v) is 5.13. The van der Waals surface area contributed by atoms with Crippen LogP contribution < -0.4 is 0 Å². The molecule has 1 aliphatic rings. The largest absolute Gasteiger partial charge is 0.247 e. The highest BCUT2D eigenvalue weighted by atomic mass is 19.1. The fourth-order valence-electron chi connectivity index (χ4n) is 2.18. The summed E-state index contributed by atoms with van der Waals surface area (Å²) in [6.07, 6.45) is 4.79. The molecule has 1 aliphatic carbocycles. The smallest absolute Gasteiger partial charge is 0.103 e. The van der Waals surface area contributed by atoms with Gasteiger partial charge in [0.15, 0.2) is 0 Å². The molecule has 1 heteroatoms. The summed E-state index contributed by atoms with van der Waals surface area (Å²) in [6, 6.07) is 0. The molecule has 0 unspecified atom stereocenters. The van der Waals surface area contributed by atoms with Crippen molar-refractivity contribution in [2.24, 2.45) is 11.3 Å². The standard InChI is InChI=1S/C11H21F/c1-11(2,3)8-9-6-4-5-7-10(9)12/h9-10H,4-8H2,1-3H3/t9-,10-/m0/s1. The van der Waals surface area contributed by atoms with Gasteiger partial charge in [0.2, 0.25) is 0 Å². The van der Waals surface area contributed by atoms with Crippen LogP contribution in [-0.2, 0) is 0 Å². The summed E-state index contributed by atoms with van der Waals surface area (Å²) in [7, 11) is 0. The van der Waals surface area contributed by atoms with E-state index in [-0.39, 0.29) is 0 Å². The highest BCUT2D eigenvalue weighted by Crippen LogP contribution is 2.35. The maximum atomic E-state index is 13.4. The lowest BCUT2D eigenvalue weighted by molar-refractivity contribution is 0.123. The van der Waals surface area contributed by atoms with Gasteiger partial charge >= 0.3 is 0 Å². The average molecular weight is 172 g/mol. The molecular formula is C11H21F. The van der Waals surface area contributed by atoms with E-state index in [1.165, 1.54) is 6.42 Å². The molecule has 0 N–H and O–H groups in total. The zero-order valence-electron chi connectivity index (χ0n) is 8.57. The van der Waals surface area contributed by atoms with Gasteiger partial charge in [-0.3, -0.25) is 0 Å². The monoisotopic (exact) mass is 172 g/mol. The molecule has 0 heterocycles. The van der Waals surface area contributed by atoms with Crippen LogP contribution in [0.2, 0.25) is 0 Å². The Labute approximate surface area is 75.5 Å². The number of hydrogen-bond donors (Lipinski definition) is 0. The number of alkyl halides is 1. The molecule has 0 aromatic carbocycles. The van der Waals surface area contributed by atoms with Crippen molar-refractivity contribution in [2.45, 2.75) is 59.0 Å². The molecule has 0 saturated heterocycles. The maximum Gasteiger partial charge on any atom is 0.103 e. The van der Waals surface area contributed by atoms with Crippen LogP contribution in [-0.4, -0.2) is 6.17 Å². The Kier molecular flexibility index (Phi) is 3.14. The van der Waals surface area contributed by atoms with Gasteiger partial charge < -0.3 is 0 Å². The van der Waals surface area contributed by atoms with E-state index in [1.54, 1.807) is 0 Å². The van der Waals surface area contributed by atoms with E-state index in [9.17, 15) is 4.39 Å². The minimum atomic E-state index is -0.516. The van der Waals surface area contributed by atoms with Crippen molar-refractivity contribution in [3.8, 4) is 0 Å². The molecule has 0 bridgehead atoms. The van der Waals surface area contributed by atoms with Gasteiger partial charge in [0.25, 0.3) is 0 Å². The van der Waals surface area contributed by atoms with Gasteiger partial charge in [-0.25, -0.2) is 4.39 Å². The van der Waals surface area contributed by atoms with Crippen molar-refractivity contribution >= 4 is 0 Å². The Hall–Kier alpha value is -0.0700. The second-order valence-electron chi connectivity index (χ2n) is 5.33. The third-order valence-electron chi connectivity index (χ3n) is 2.69. The van der Waals surface area contributed by atoms with Crippen LogP contribution in [0.3, 0.4) is 0 Å². The quantitative estimate of drug-likeness (QED) is 0.561. The van der Waals surface area contributed by atoms with Crippen LogP contribution >= 0.6 is 0 Å². The molecule has 0 aromatic rings. The Morgan fingerprint density at radius 3 is 2.25 bits per heavy atom. The molecule has 0 aliphatic heterocycles. The first-order chi connectivity index (χ1) is 5.49. The Morgan fingerprint density at radius 2 is 1.75 bits per heavy atom. The normalized spacial score (nSPS) is 32.0. The first kappa shape index (κ1) is 10.0. The van der Waals surface area contributed by atoms with Gasteiger partial charge in [-0.15, -0.1) is 0 Å². The molecule has 0 amide bonds. The summed E-state index contributed by atoms with van der Waals surface area (Å²) in [5, 5.41) is 0. The van der Waals surface area contributed by atoms with Crippen LogP contribution in [0.1, 0.15) is 52.9 Å². The van der Waals surface area contributed by atoms with Crippen LogP contribution in [0.15, 0.2) is 0 Å². The topological polar surface area (TPSA) is 0 Å². The van der Waals surface area contributed by atoms with E-state index in [0.717, 1.165) is 25.7 Å². The Morgan fingerprint density at radius 1 is 1.17 bits per heavy atom. The van der Waals surface area contributed by atoms with Crippen LogP contribution in [0.25, 0.3) is 0 Å². The molecular weight excluding hydrogens is 151 g/mol. The van der Waals surface area contributed by atoms with Crippen molar-refractivity contribution in [3.05, 3.63) is 0 Å². The van der Waals surface area contributed by atoms with Gasteiger partial charge in [-0.05, 0) is 30.6 Å². The minimum Gasteiger partial charge on any atom is -0.247 e. The highest BCUT2D eigenvalue weighted by Gasteiger charge is 2.28. The zero-order chi connectivity index (χ0) is 9.19. The fraction of sp³-hybridized carbons (Fsp3) is 1.00. The molecule has 72 valence electrons. The average Bonchev–Trinajstić information content (AvgIpc) is 1.91. The lowest BCUT2D eigenvalue weighted by Gasteiger charge is -2.31. The molecule has 0 spiro atoms. The summed E-state index contributed by atoms with van der Waals surface area (Å²) < 4.78 is 13.4. The van der Waals surface area contributed by atoms with Crippen molar-refractivity contribution in [2.75, 3.05) is 0 Å². The Bertz CT molecular complexity index is 134. The van der Waals surface area contributed by atoms with E-state index >= 15 is 0 Å². The SMILES string of the molecule is CC(C)(C)C[C@@H]1CCCC[C@@H]1F. The second-order valence-corrected chi connectivity index (χ2v) is 5.33. The molecule has 0 radical (unpaired) electrons.